The number of benzene rings is 1. The third-order valence-corrected chi connectivity index (χ3v) is 3.00. The zero-order chi connectivity index (χ0) is 16.7. The highest BCUT2D eigenvalue weighted by Crippen LogP contribution is 2.12. The summed E-state index contributed by atoms with van der Waals surface area (Å²) in [5, 5.41) is 22.7. The van der Waals surface area contributed by atoms with Crippen LogP contribution in [0.2, 0.25) is 0 Å². The van der Waals surface area contributed by atoms with E-state index >= 15 is 0 Å². The van der Waals surface area contributed by atoms with Crippen LogP contribution in [0.25, 0.3) is 0 Å². The quantitative estimate of drug-likeness (QED) is 0.733. The second-order valence-electron chi connectivity index (χ2n) is 4.89. The number of nitrogens with zero attached hydrogens (tertiary/aromatic N) is 1. The summed E-state index contributed by atoms with van der Waals surface area (Å²) in [5.41, 5.74) is 0.807. The maximum absolute atomic E-state index is 12.1. The lowest BCUT2D eigenvalue weighted by molar-refractivity contribution is -0.140. The molecule has 0 unspecified atom stereocenters. The second-order valence-corrected chi connectivity index (χ2v) is 4.89. The first-order valence-electron chi connectivity index (χ1n) is 6.63. The third kappa shape index (κ3) is 4.90. The van der Waals surface area contributed by atoms with Crippen LogP contribution in [0.5, 0.6) is 0 Å². The van der Waals surface area contributed by atoms with E-state index in [-0.39, 0.29) is 17.9 Å². The van der Waals surface area contributed by atoms with Crippen LogP contribution >= 0.6 is 0 Å². The van der Waals surface area contributed by atoms with Gasteiger partial charge in [-0.2, -0.15) is 5.26 Å². The summed E-state index contributed by atoms with van der Waals surface area (Å²) in [6.45, 7) is 2.96. The van der Waals surface area contributed by atoms with Crippen molar-refractivity contribution < 1.29 is 19.5 Å². The number of carbonyl (C=O) groups is 3. The Morgan fingerprint density at radius 1 is 1.27 bits per heavy atom. The van der Waals surface area contributed by atoms with Crippen molar-refractivity contribution >= 4 is 23.5 Å². The van der Waals surface area contributed by atoms with E-state index in [1.165, 1.54) is 19.1 Å². The van der Waals surface area contributed by atoms with Gasteiger partial charge in [-0.05, 0) is 24.3 Å². The molecule has 0 aliphatic rings. The van der Waals surface area contributed by atoms with E-state index < -0.39 is 23.8 Å². The lowest BCUT2D eigenvalue weighted by Crippen LogP contribution is -2.45. The largest absolute Gasteiger partial charge is 0.480 e. The number of hydrogen-bond acceptors (Lipinski definition) is 4. The van der Waals surface area contributed by atoms with E-state index in [9.17, 15) is 14.4 Å². The SMILES string of the molecule is CC(=O)Nc1ccc(C(=O)N[C@@H](C(=O)O)[C@H](C)CC#N)cc1. The number of amides is 2. The summed E-state index contributed by atoms with van der Waals surface area (Å²) in [4.78, 5) is 34.2. The second kappa shape index (κ2) is 7.78. The van der Waals surface area contributed by atoms with Gasteiger partial charge in [0.25, 0.3) is 5.91 Å². The molecular formula is C15H17N3O4. The zero-order valence-electron chi connectivity index (χ0n) is 12.3. The van der Waals surface area contributed by atoms with Gasteiger partial charge in [0, 0.05) is 30.5 Å². The van der Waals surface area contributed by atoms with Crippen LogP contribution in [0.3, 0.4) is 0 Å². The summed E-state index contributed by atoms with van der Waals surface area (Å²) < 4.78 is 0. The summed E-state index contributed by atoms with van der Waals surface area (Å²) in [7, 11) is 0. The Morgan fingerprint density at radius 2 is 1.86 bits per heavy atom. The molecule has 1 aromatic rings. The molecule has 0 spiro atoms. The van der Waals surface area contributed by atoms with Crippen molar-refractivity contribution in [1.82, 2.24) is 5.32 Å². The molecule has 7 nitrogen and oxygen atoms in total. The van der Waals surface area contributed by atoms with Gasteiger partial charge in [-0.15, -0.1) is 0 Å². The summed E-state index contributed by atoms with van der Waals surface area (Å²) in [6, 6.07) is 6.80. The lowest BCUT2D eigenvalue weighted by atomic mass is 9.98. The van der Waals surface area contributed by atoms with Gasteiger partial charge in [0.05, 0.1) is 6.07 Å². The van der Waals surface area contributed by atoms with Crippen molar-refractivity contribution in [1.29, 1.82) is 5.26 Å². The molecule has 116 valence electrons. The maximum atomic E-state index is 12.1. The molecule has 2 atom stereocenters. The first-order chi connectivity index (χ1) is 10.3. The van der Waals surface area contributed by atoms with Gasteiger partial charge in [0.15, 0.2) is 0 Å². The number of carboxylic acid groups (broad SMARTS) is 1. The molecule has 0 heterocycles. The van der Waals surface area contributed by atoms with Crippen LogP contribution < -0.4 is 10.6 Å². The zero-order valence-corrected chi connectivity index (χ0v) is 12.3. The Kier molecular flexibility index (Phi) is 6.08. The highest BCUT2D eigenvalue weighted by Gasteiger charge is 2.26. The summed E-state index contributed by atoms with van der Waals surface area (Å²) in [5.74, 6) is -2.48. The van der Waals surface area contributed by atoms with Gasteiger partial charge in [0.2, 0.25) is 5.91 Å². The first-order valence-corrected chi connectivity index (χ1v) is 6.63. The molecule has 3 N–H and O–H groups in total. The standard InChI is InChI=1S/C15H17N3O4/c1-9(7-8-16)13(15(21)22)18-14(20)11-3-5-12(6-4-11)17-10(2)19/h3-6,9,13H,7H2,1-2H3,(H,17,19)(H,18,20)(H,21,22)/t9-,13-/m1/s1. The fraction of sp³-hybridized carbons (Fsp3) is 0.333. The molecule has 0 saturated carbocycles. The van der Waals surface area contributed by atoms with Gasteiger partial charge in [-0.1, -0.05) is 6.92 Å². The molecule has 0 aliphatic carbocycles. The molecular weight excluding hydrogens is 286 g/mol. The number of carboxylic acids is 1. The van der Waals surface area contributed by atoms with Crippen LogP contribution in [-0.2, 0) is 9.59 Å². The van der Waals surface area contributed by atoms with E-state index in [2.05, 4.69) is 10.6 Å². The van der Waals surface area contributed by atoms with Gasteiger partial charge in [0.1, 0.15) is 6.04 Å². The number of nitriles is 1. The van der Waals surface area contributed by atoms with E-state index in [0.29, 0.717) is 5.69 Å². The van der Waals surface area contributed by atoms with Gasteiger partial charge in [-0.25, -0.2) is 4.79 Å². The number of carbonyl (C=O) groups excluding carboxylic acids is 2. The van der Waals surface area contributed by atoms with Crippen LogP contribution in [0, 0.1) is 17.2 Å². The van der Waals surface area contributed by atoms with Crippen LogP contribution in [0.4, 0.5) is 5.69 Å². The Hall–Kier alpha value is -2.88. The van der Waals surface area contributed by atoms with Crippen LogP contribution in [0.1, 0.15) is 30.6 Å². The lowest BCUT2D eigenvalue weighted by Gasteiger charge is -2.19. The highest BCUT2D eigenvalue weighted by molar-refractivity contribution is 5.97. The van der Waals surface area contributed by atoms with Crippen molar-refractivity contribution in [2.24, 2.45) is 5.92 Å². The van der Waals surface area contributed by atoms with Crippen molar-refractivity contribution in [3.63, 3.8) is 0 Å². The molecule has 0 aromatic heterocycles. The smallest absolute Gasteiger partial charge is 0.326 e. The van der Waals surface area contributed by atoms with E-state index in [1.807, 2.05) is 6.07 Å². The number of hydrogen-bond donors (Lipinski definition) is 3. The minimum Gasteiger partial charge on any atom is -0.480 e. The Bertz CT molecular complexity index is 604. The van der Waals surface area contributed by atoms with Gasteiger partial charge in [-0.3, -0.25) is 9.59 Å². The van der Waals surface area contributed by atoms with Gasteiger partial charge < -0.3 is 15.7 Å². The van der Waals surface area contributed by atoms with Crippen LogP contribution in [-0.4, -0.2) is 28.9 Å². The Balaban J connectivity index is 2.80. The molecule has 0 fully saturated rings. The molecule has 0 aliphatic heterocycles. The van der Waals surface area contributed by atoms with E-state index in [1.54, 1.807) is 19.1 Å². The first kappa shape index (κ1) is 17.2. The molecule has 22 heavy (non-hydrogen) atoms. The molecule has 0 radical (unpaired) electrons. The predicted octanol–water partition coefficient (Wildman–Crippen LogP) is 1.38. The monoisotopic (exact) mass is 303 g/mol. The summed E-state index contributed by atoms with van der Waals surface area (Å²) in [6.07, 6.45) is 0.0265. The number of nitrogens with one attached hydrogen (secondary N) is 2. The van der Waals surface area contributed by atoms with E-state index in [4.69, 9.17) is 10.4 Å². The minimum absolute atomic E-state index is 0.0265. The average molecular weight is 303 g/mol. The number of anilines is 1. The molecule has 7 heteroatoms. The molecule has 1 aromatic carbocycles. The number of rotatable bonds is 6. The highest BCUT2D eigenvalue weighted by atomic mass is 16.4. The minimum atomic E-state index is -1.19. The van der Waals surface area contributed by atoms with Crippen molar-refractivity contribution in [2.75, 3.05) is 5.32 Å². The Labute approximate surface area is 127 Å². The fourth-order valence-corrected chi connectivity index (χ4v) is 1.84. The third-order valence-electron chi connectivity index (χ3n) is 3.00. The fourth-order valence-electron chi connectivity index (χ4n) is 1.84. The van der Waals surface area contributed by atoms with Crippen LogP contribution in [0.15, 0.2) is 24.3 Å². The summed E-state index contributed by atoms with van der Waals surface area (Å²) >= 11 is 0. The number of aliphatic carboxylic acids is 1. The van der Waals surface area contributed by atoms with E-state index in [0.717, 1.165) is 0 Å². The average Bonchev–Trinajstić information content (AvgIpc) is 2.44. The molecule has 1 rings (SSSR count). The molecule has 0 bridgehead atoms. The van der Waals surface area contributed by atoms with Crippen molar-refractivity contribution in [2.45, 2.75) is 26.3 Å². The van der Waals surface area contributed by atoms with Crippen molar-refractivity contribution in [3.05, 3.63) is 29.8 Å². The normalized spacial score (nSPS) is 12.6. The topological polar surface area (TPSA) is 119 Å². The Morgan fingerprint density at radius 3 is 2.32 bits per heavy atom. The predicted molar refractivity (Wildman–Crippen MR) is 79.0 cm³/mol. The van der Waals surface area contributed by atoms with Gasteiger partial charge >= 0.3 is 5.97 Å². The molecule has 2 amide bonds. The maximum Gasteiger partial charge on any atom is 0.326 e. The van der Waals surface area contributed by atoms with Crippen molar-refractivity contribution in [3.8, 4) is 6.07 Å². The molecule has 0 saturated heterocycles.